The van der Waals surface area contributed by atoms with Crippen LogP contribution < -0.4 is 9.80 Å². The maximum absolute atomic E-state index is 13.6. The number of alkyl halides is 6. The number of aromatic nitrogens is 4. The molecule has 1 unspecified atom stereocenters. The second-order valence-electron chi connectivity index (χ2n) is 10.1. The predicted octanol–water partition coefficient (Wildman–Crippen LogP) is 7.34. The van der Waals surface area contributed by atoms with Gasteiger partial charge in [-0.3, -0.25) is 4.90 Å². The Morgan fingerprint density at radius 1 is 1.17 bits per heavy atom. The molecule has 1 atom stereocenters. The lowest BCUT2D eigenvalue weighted by Gasteiger charge is -2.33. The molecular formula is C28H30F6N6O2. The average molecular weight is 597 g/mol. The zero-order valence-corrected chi connectivity index (χ0v) is 23.2. The first-order valence-electron chi connectivity index (χ1n) is 13.3. The summed E-state index contributed by atoms with van der Waals surface area (Å²) in [4.78, 5) is 16.3. The minimum Gasteiger partial charge on any atom is -0.446 e. The van der Waals surface area contributed by atoms with Gasteiger partial charge in [0.25, 0.3) is 5.95 Å². The van der Waals surface area contributed by atoms with Gasteiger partial charge in [0.1, 0.15) is 0 Å². The minimum absolute atomic E-state index is 0.0269. The number of ether oxygens (including phenoxy) is 1. The van der Waals surface area contributed by atoms with E-state index < -0.39 is 48.3 Å². The molecule has 8 nitrogen and oxygen atoms in total. The van der Waals surface area contributed by atoms with Crippen LogP contribution in [0, 0.1) is 0 Å². The van der Waals surface area contributed by atoms with E-state index in [1.54, 1.807) is 26.0 Å². The smallest absolute Gasteiger partial charge is 0.416 e. The van der Waals surface area contributed by atoms with E-state index in [4.69, 9.17) is 4.74 Å². The zero-order chi connectivity index (χ0) is 30.8. The molecule has 226 valence electrons. The van der Waals surface area contributed by atoms with Crippen molar-refractivity contribution in [2.75, 3.05) is 16.3 Å². The van der Waals surface area contributed by atoms with Gasteiger partial charge in [0.15, 0.2) is 0 Å². The highest BCUT2D eigenvalue weighted by atomic mass is 19.4. The summed E-state index contributed by atoms with van der Waals surface area (Å²) in [6.45, 7) is 9.10. The van der Waals surface area contributed by atoms with Crippen molar-refractivity contribution >= 4 is 23.8 Å². The van der Waals surface area contributed by atoms with Gasteiger partial charge in [0.05, 0.1) is 29.0 Å². The van der Waals surface area contributed by atoms with Crippen LogP contribution in [0.1, 0.15) is 73.0 Å². The van der Waals surface area contributed by atoms with E-state index in [0.29, 0.717) is 42.6 Å². The number of hydrogen-bond acceptors (Lipinski definition) is 6. The van der Waals surface area contributed by atoms with Crippen LogP contribution >= 0.6 is 0 Å². The highest BCUT2D eigenvalue weighted by molar-refractivity contribution is 5.91. The molecule has 1 amide bonds. The normalized spacial score (nSPS) is 15.8. The third kappa shape index (κ3) is 6.52. The number of nitrogens with zero attached hydrogens (tertiary/aromatic N) is 5. The van der Waals surface area contributed by atoms with Gasteiger partial charge >= 0.3 is 18.4 Å². The molecule has 0 radical (unpaired) electrons. The molecule has 1 aliphatic heterocycles. The van der Waals surface area contributed by atoms with E-state index >= 15 is 0 Å². The summed E-state index contributed by atoms with van der Waals surface area (Å²) in [5.41, 5.74) is -0.358. The number of nitrogens with one attached hydrogen (secondary N) is 1. The van der Waals surface area contributed by atoms with Crippen molar-refractivity contribution in [3.05, 3.63) is 70.3 Å². The van der Waals surface area contributed by atoms with Gasteiger partial charge in [0, 0.05) is 13.1 Å². The van der Waals surface area contributed by atoms with E-state index in [2.05, 4.69) is 27.2 Å². The molecule has 0 saturated carbocycles. The number of benzene rings is 2. The van der Waals surface area contributed by atoms with E-state index in [-0.39, 0.29) is 24.1 Å². The van der Waals surface area contributed by atoms with Crippen molar-refractivity contribution < 1.29 is 35.9 Å². The Balaban J connectivity index is 1.90. The Kier molecular flexibility index (Phi) is 8.83. The van der Waals surface area contributed by atoms with Gasteiger partial charge in [-0.2, -0.15) is 31.6 Å². The van der Waals surface area contributed by atoms with Crippen LogP contribution in [-0.4, -0.2) is 39.4 Å². The number of amides is 1. The topological polar surface area (TPSA) is 87.2 Å². The summed E-state index contributed by atoms with van der Waals surface area (Å²) >= 11 is 0. The van der Waals surface area contributed by atoms with Crippen LogP contribution in [0.5, 0.6) is 0 Å². The molecule has 1 aliphatic rings. The maximum Gasteiger partial charge on any atom is 0.416 e. The Bertz CT molecular complexity index is 1390. The number of rotatable bonds is 7. The number of carbonyl (C=O) groups excluding carboxylic acids is 1. The molecule has 3 aromatic rings. The lowest BCUT2D eigenvalue weighted by Crippen LogP contribution is -2.35. The number of aromatic amines is 1. The largest absolute Gasteiger partial charge is 0.446 e. The fourth-order valence-electron chi connectivity index (χ4n) is 5.21. The van der Waals surface area contributed by atoms with E-state index in [0.717, 1.165) is 11.1 Å². The third-order valence-corrected chi connectivity index (χ3v) is 6.94. The van der Waals surface area contributed by atoms with Gasteiger partial charge in [-0.1, -0.05) is 36.8 Å². The van der Waals surface area contributed by atoms with Crippen LogP contribution in [0.15, 0.2) is 36.9 Å². The highest BCUT2D eigenvalue weighted by Gasteiger charge is 2.38. The summed E-state index contributed by atoms with van der Waals surface area (Å²) in [7, 11) is 0. The minimum atomic E-state index is -5.00. The average Bonchev–Trinajstić information content (AvgIpc) is 3.37. The van der Waals surface area contributed by atoms with Crippen molar-refractivity contribution in [2.24, 2.45) is 0 Å². The molecule has 1 aromatic heterocycles. The number of carbonyl (C=O) groups is 1. The SMILES string of the molecule is C=Cc1ccc2c(c1CC)N(C(=O)OC(C)C)CCCC2N(Cc1cc(C(F)(F)F)cc(C(F)(F)F)c1)c1nn[nH]n1. The van der Waals surface area contributed by atoms with Gasteiger partial charge in [-0.05, 0) is 78.8 Å². The quantitative estimate of drug-likeness (QED) is 0.287. The lowest BCUT2D eigenvalue weighted by atomic mass is 9.92. The fourth-order valence-corrected chi connectivity index (χ4v) is 5.21. The summed E-state index contributed by atoms with van der Waals surface area (Å²) in [6.07, 6.45) is -8.00. The standard InChI is InChI=1S/C28H30F6N6O2/c1-5-18-9-10-22-23(8-7-11-39(24(22)21(18)6-2)26(41)42-16(3)4)40(25-35-37-38-36-25)15-17-12-19(27(29,30)31)14-20(13-17)28(32,33)34/h5,9-10,12-14,16,23H,1,6-8,11,15H2,2-4H3,(H,35,36,37,38). The van der Waals surface area contributed by atoms with Gasteiger partial charge < -0.3 is 9.64 Å². The summed E-state index contributed by atoms with van der Waals surface area (Å²) in [5.74, 6) is -0.0269. The Labute approximate surface area is 238 Å². The summed E-state index contributed by atoms with van der Waals surface area (Å²) in [5, 5.41) is 13.9. The first-order chi connectivity index (χ1) is 19.7. The molecular weight excluding hydrogens is 566 g/mol. The van der Waals surface area contributed by atoms with Crippen molar-refractivity contribution in [3.8, 4) is 0 Å². The number of H-pyrrole nitrogens is 1. The molecule has 0 bridgehead atoms. The number of tetrazole rings is 1. The monoisotopic (exact) mass is 596 g/mol. The molecule has 14 heteroatoms. The molecule has 4 rings (SSSR count). The molecule has 2 aromatic carbocycles. The Morgan fingerprint density at radius 2 is 1.83 bits per heavy atom. The van der Waals surface area contributed by atoms with E-state index in [1.807, 2.05) is 13.0 Å². The number of fused-ring (bicyclic) bond motifs is 1. The molecule has 0 spiro atoms. The Hall–Kier alpha value is -4.10. The highest BCUT2D eigenvalue weighted by Crippen LogP contribution is 2.43. The number of hydrogen-bond donors (Lipinski definition) is 1. The third-order valence-electron chi connectivity index (χ3n) is 6.94. The van der Waals surface area contributed by atoms with Crippen molar-refractivity contribution in [2.45, 2.75) is 71.1 Å². The van der Waals surface area contributed by atoms with Crippen LogP contribution in [0.3, 0.4) is 0 Å². The number of halogens is 6. The van der Waals surface area contributed by atoms with Gasteiger partial charge in [-0.25, -0.2) is 4.79 Å². The summed E-state index contributed by atoms with van der Waals surface area (Å²) < 4.78 is 87.4. The molecule has 2 heterocycles. The molecule has 42 heavy (non-hydrogen) atoms. The number of anilines is 2. The first kappa shape index (κ1) is 30.8. The Morgan fingerprint density at radius 3 is 2.36 bits per heavy atom. The van der Waals surface area contributed by atoms with E-state index in [9.17, 15) is 31.1 Å². The maximum atomic E-state index is 13.6. The molecule has 1 N–H and O–H groups in total. The summed E-state index contributed by atoms with van der Waals surface area (Å²) in [6, 6.07) is 4.40. The van der Waals surface area contributed by atoms with Crippen LogP contribution in [0.25, 0.3) is 6.08 Å². The van der Waals surface area contributed by atoms with Gasteiger partial charge in [-0.15, -0.1) is 5.10 Å². The van der Waals surface area contributed by atoms with Crippen molar-refractivity contribution in [1.29, 1.82) is 0 Å². The molecule has 0 aliphatic carbocycles. The molecule has 0 fully saturated rings. The van der Waals surface area contributed by atoms with Crippen LogP contribution in [0.4, 0.5) is 42.8 Å². The molecule has 0 saturated heterocycles. The predicted molar refractivity (Wildman–Crippen MR) is 144 cm³/mol. The zero-order valence-electron chi connectivity index (χ0n) is 23.2. The second-order valence-corrected chi connectivity index (χ2v) is 10.1. The van der Waals surface area contributed by atoms with Gasteiger partial charge in [0.2, 0.25) is 0 Å². The van der Waals surface area contributed by atoms with Crippen LogP contribution in [0.2, 0.25) is 0 Å². The fraction of sp³-hybridized carbons (Fsp3) is 0.429. The van der Waals surface area contributed by atoms with E-state index in [1.165, 1.54) is 9.80 Å². The van der Waals surface area contributed by atoms with Crippen molar-refractivity contribution in [3.63, 3.8) is 0 Å². The lowest BCUT2D eigenvalue weighted by molar-refractivity contribution is -0.143. The van der Waals surface area contributed by atoms with Crippen LogP contribution in [-0.2, 0) is 30.1 Å². The van der Waals surface area contributed by atoms with Crippen molar-refractivity contribution in [1.82, 2.24) is 20.6 Å². The first-order valence-corrected chi connectivity index (χ1v) is 13.3. The second kappa shape index (κ2) is 12.0.